The fourth-order valence-electron chi connectivity index (χ4n) is 2.92. The van der Waals surface area contributed by atoms with Crippen molar-refractivity contribution in [2.24, 2.45) is 10.7 Å². The molecule has 0 spiro atoms. The molecule has 0 radical (unpaired) electrons. The van der Waals surface area contributed by atoms with E-state index in [2.05, 4.69) is 16.9 Å². The largest absolute Gasteiger partial charge is 0.407 e. The molecule has 0 aromatic heterocycles. The Labute approximate surface area is 210 Å². The molecule has 1 aromatic carbocycles. The highest BCUT2D eigenvalue weighted by Crippen LogP contribution is 2.27. The summed E-state index contributed by atoms with van der Waals surface area (Å²) < 4.78 is 51.5. The van der Waals surface area contributed by atoms with Crippen molar-refractivity contribution in [2.75, 3.05) is 0 Å². The second kappa shape index (κ2) is 14.8. The van der Waals surface area contributed by atoms with E-state index < -0.39 is 12.2 Å². The van der Waals surface area contributed by atoms with Gasteiger partial charge in [-0.1, -0.05) is 74.6 Å². The van der Waals surface area contributed by atoms with Gasteiger partial charge in [0.1, 0.15) is 11.9 Å². The smallest absolute Gasteiger partial charge is 0.340 e. The van der Waals surface area contributed by atoms with Crippen molar-refractivity contribution < 1.29 is 17.6 Å². The lowest BCUT2D eigenvalue weighted by Gasteiger charge is -2.24. The van der Waals surface area contributed by atoms with Gasteiger partial charge in [0.15, 0.2) is 0 Å². The van der Waals surface area contributed by atoms with Crippen LogP contribution in [0, 0.1) is 5.41 Å². The van der Waals surface area contributed by atoms with Gasteiger partial charge in [0.05, 0.1) is 11.5 Å². The van der Waals surface area contributed by atoms with Crippen molar-refractivity contribution in [2.45, 2.75) is 52.8 Å². The van der Waals surface area contributed by atoms with Gasteiger partial charge in [0.25, 0.3) is 0 Å². The summed E-state index contributed by atoms with van der Waals surface area (Å²) in [6, 6.07) is 7.00. The lowest BCUT2D eigenvalue weighted by Crippen LogP contribution is -2.44. The summed E-state index contributed by atoms with van der Waals surface area (Å²) in [6.07, 6.45) is 6.28. The summed E-state index contributed by atoms with van der Waals surface area (Å²) in [4.78, 5) is 4.31. The Hall–Kier alpha value is -3.52. The molecule has 1 aromatic rings. The van der Waals surface area contributed by atoms with Crippen molar-refractivity contribution in [3.05, 3.63) is 102 Å². The summed E-state index contributed by atoms with van der Waals surface area (Å²) in [5.41, 5.74) is 8.43. The number of alkyl halides is 3. The SMILES string of the molecule is C=C1C=C(c2ccccc2)N=C(/C(=C\C=C/C)C(N)C(F)(F)F)N1.CCCC(=N)/C(C)=C\C=C(/C)F. The number of benzene rings is 1. The van der Waals surface area contributed by atoms with Crippen LogP contribution in [0.2, 0.25) is 0 Å². The fourth-order valence-corrected chi connectivity index (χ4v) is 2.92. The Morgan fingerprint density at radius 1 is 1.17 bits per heavy atom. The van der Waals surface area contributed by atoms with Crippen LogP contribution >= 0.6 is 0 Å². The second-order valence-corrected chi connectivity index (χ2v) is 8.00. The minimum absolute atomic E-state index is 0.0456. The molecule has 1 heterocycles. The molecule has 1 aliphatic rings. The van der Waals surface area contributed by atoms with Crippen LogP contribution in [0.3, 0.4) is 0 Å². The average molecular weight is 503 g/mol. The molecule has 8 heteroatoms. The predicted molar refractivity (Wildman–Crippen MR) is 142 cm³/mol. The Morgan fingerprint density at radius 3 is 2.33 bits per heavy atom. The molecular weight excluding hydrogens is 468 g/mol. The maximum Gasteiger partial charge on any atom is 0.407 e. The molecule has 0 saturated carbocycles. The van der Waals surface area contributed by atoms with E-state index in [1.54, 1.807) is 25.2 Å². The van der Waals surface area contributed by atoms with Crippen molar-refractivity contribution in [3.63, 3.8) is 0 Å². The van der Waals surface area contributed by atoms with Gasteiger partial charge >= 0.3 is 6.18 Å². The van der Waals surface area contributed by atoms with Gasteiger partial charge in [-0.05, 0) is 44.9 Å². The van der Waals surface area contributed by atoms with Gasteiger partial charge < -0.3 is 16.5 Å². The molecule has 194 valence electrons. The molecule has 2 rings (SSSR count). The first-order chi connectivity index (χ1) is 16.9. The minimum Gasteiger partial charge on any atom is -0.340 e. The van der Waals surface area contributed by atoms with Crippen molar-refractivity contribution >= 4 is 17.2 Å². The highest BCUT2D eigenvalue weighted by atomic mass is 19.4. The first-order valence-corrected chi connectivity index (χ1v) is 11.5. The minimum atomic E-state index is -4.58. The van der Waals surface area contributed by atoms with Crippen LogP contribution in [0.5, 0.6) is 0 Å². The molecular formula is C28H34F4N4. The number of aliphatic imine (C=N–C) groups is 1. The van der Waals surface area contributed by atoms with E-state index >= 15 is 0 Å². The summed E-state index contributed by atoms with van der Waals surface area (Å²) in [5, 5.41) is 10.3. The third kappa shape index (κ3) is 10.4. The van der Waals surface area contributed by atoms with E-state index in [9.17, 15) is 17.6 Å². The fraction of sp³-hybridized carbons (Fsp3) is 0.286. The van der Waals surface area contributed by atoms with E-state index in [1.807, 2.05) is 44.2 Å². The first kappa shape index (κ1) is 30.5. The Bertz CT molecular complexity index is 1080. The molecule has 4 N–H and O–H groups in total. The van der Waals surface area contributed by atoms with E-state index in [1.165, 1.54) is 25.2 Å². The van der Waals surface area contributed by atoms with E-state index in [0.29, 0.717) is 17.1 Å². The number of hydrogen-bond acceptors (Lipinski definition) is 4. The first-order valence-electron chi connectivity index (χ1n) is 11.5. The zero-order chi connectivity index (χ0) is 27.3. The van der Waals surface area contributed by atoms with Crippen LogP contribution in [0.15, 0.2) is 101 Å². The molecule has 0 amide bonds. The van der Waals surface area contributed by atoms with Gasteiger partial charge in [0.2, 0.25) is 0 Å². The molecule has 1 unspecified atom stereocenters. The Balaban J connectivity index is 0.000000457. The van der Waals surface area contributed by atoms with Crippen molar-refractivity contribution in [1.29, 1.82) is 5.41 Å². The van der Waals surface area contributed by atoms with Crippen LogP contribution in [0.25, 0.3) is 5.70 Å². The third-order valence-electron chi connectivity index (χ3n) is 4.86. The number of amidine groups is 1. The Morgan fingerprint density at radius 2 is 1.81 bits per heavy atom. The maximum atomic E-state index is 13.1. The molecule has 1 aliphatic heterocycles. The van der Waals surface area contributed by atoms with Crippen LogP contribution in [-0.2, 0) is 0 Å². The van der Waals surface area contributed by atoms with Crippen LogP contribution in [0.4, 0.5) is 17.6 Å². The second-order valence-electron chi connectivity index (χ2n) is 8.00. The van der Waals surface area contributed by atoms with Crippen molar-refractivity contribution in [3.8, 4) is 0 Å². The zero-order valence-corrected chi connectivity index (χ0v) is 21.1. The maximum absolute atomic E-state index is 13.1. The van der Waals surface area contributed by atoms with Crippen molar-refractivity contribution in [1.82, 2.24) is 5.32 Å². The normalized spacial score (nSPS) is 16.0. The van der Waals surface area contributed by atoms with E-state index in [0.717, 1.165) is 24.0 Å². The topological polar surface area (TPSA) is 74.3 Å². The lowest BCUT2D eigenvalue weighted by molar-refractivity contribution is -0.138. The summed E-state index contributed by atoms with van der Waals surface area (Å²) in [7, 11) is 0. The number of halogens is 4. The third-order valence-corrected chi connectivity index (χ3v) is 4.86. The molecule has 0 fully saturated rings. The number of nitrogens with two attached hydrogens (primary N) is 1. The quantitative estimate of drug-likeness (QED) is 0.195. The number of allylic oxidation sites excluding steroid dienone is 8. The average Bonchev–Trinajstić information content (AvgIpc) is 2.82. The van der Waals surface area contributed by atoms with Crippen LogP contribution in [0.1, 0.15) is 46.1 Å². The predicted octanol–water partition coefficient (Wildman–Crippen LogP) is 7.56. The van der Waals surface area contributed by atoms with Gasteiger partial charge in [-0.15, -0.1) is 0 Å². The standard InChI is InChI=1S/C18H18F3N3.C10H16FN/c1-3-4-10-14(16(22)18(19,20)21)17-23-12(2)11-15(24-17)13-8-6-5-7-9-13;1-4-5-10(12)8(2)6-7-9(3)11/h3-11,16H,2,22H2,1H3,(H,23,24);6-7,12H,4-5H2,1-3H3/b4-3-,14-10-;8-6-,9-7+,12-10?. The highest BCUT2D eigenvalue weighted by molar-refractivity contribution is 6.05. The van der Waals surface area contributed by atoms with Gasteiger partial charge in [-0.25, -0.2) is 9.38 Å². The highest BCUT2D eigenvalue weighted by Gasteiger charge is 2.41. The molecule has 0 aliphatic carbocycles. The molecule has 36 heavy (non-hydrogen) atoms. The summed E-state index contributed by atoms with van der Waals surface area (Å²) in [5.74, 6) is -0.178. The monoisotopic (exact) mass is 502 g/mol. The van der Waals surface area contributed by atoms with Gasteiger partial charge in [-0.2, -0.15) is 13.2 Å². The number of nitrogens with one attached hydrogen (secondary N) is 2. The molecule has 0 saturated heterocycles. The van der Waals surface area contributed by atoms with Crippen LogP contribution in [-0.4, -0.2) is 23.8 Å². The van der Waals surface area contributed by atoms with E-state index in [4.69, 9.17) is 11.1 Å². The summed E-state index contributed by atoms with van der Waals surface area (Å²) >= 11 is 0. The van der Waals surface area contributed by atoms with Crippen LogP contribution < -0.4 is 11.1 Å². The molecule has 1 atom stereocenters. The lowest BCUT2D eigenvalue weighted by atomic mass is 10.0. The number of rotatable bonds is 8. The number of hydrogen-bond donors (Lipinski definition) is 3. The van der Waals surface area contributed by atoms with E-state index in [-0.39, 0.29) is 17.2 Å². The molecule has 4 nitrogen and oxygen atoms in total. The van der Waals surface area contributed by atoms with Gasteiger partial charge in [0, 0.05) is 22.5 Å². The number of nitrogens with zero attached hydrogens (tertiary/aromatic N) is 1. The summed E-state index contributed by atoms with van der Waals surface area (Å²) in [6.45, 7) is 10.7. The zero-order valence-electron chi connectivity index (χ0n) is 21.1. The molecule has 0 bridgehead atoms. The Kier molecular flexibility index (Phi) is 12.5. The van der Waals surface area contributed by atoms with Gasteiger partial charge in [-0.3, -0.25) is 0 Å².